The van der Waals surface area contributed by atoms with Crippen LogP contribution >= 0.6 is 0 Å². The van der Waals surface area contributed by atoms with Crippen molar-refractivity contribution in [3.63, 3.8) is 0 Å². The van der Waals surface area contributed by atoms with Crippen LogP contribution in [-0.2, 0) is 0 Å². The lowest BCUT2D eigenvalue weighted by Crippen LogP contribution is -2.33. The average molecular weight is 90.1 g/mol. The fourth-order valence-electron chi connectivity index (χ4n) is 0.0493. The van der Waals surface area contributed by atoms with Crippen molar-refractivity contribution in [3.8, 4) is 0 Å². The van der Waals surface area contributed by atoms with E-state index in [1.165, 1.54) is 5.43 Å². The Labute approximate surface area is 34.1 Å². The summed E-state index contributed by atoms with van der Waals surface area (Å²) >= 11 is 0. The summed E-state index contributed by atoms with van der Waals surface area (Å²) in [4.78, 5) is 9.46. The second-order valence-corrected chi connectivity index (χ2v) is 0.576. The molecule has 0 heterocycles. The average Bonchev–Trinajstić information content (AvgIpc) is 1.35. The number of urea groups is 1. The molecule has 0 aromatic rings. The van der Waals surface area contributed by atoms with Crippen LogP contribution in [0.3, 0.4) is 0 Å². The first-order valence-corrected chi connectivity index (χ1v) is 1.17. The highest BCUT2D eigenvalue weighted by Crippen LogP contribution is 1.41. The van der Waals surface area contributed by atoms with Gasteiger partial charge in [-0.25, -0.2) is 10.2 Å². The van der Waals surface area contributed by atoms with Gasteiger partial charge in [0.2, 0.25) is 0 Å². The largest absolute Gasteiger partial charge is 0.350 e. The molecule has 0 fully saturated rings. The Balaban J connectivity index is 2.83. The van der Waals surface area contributed by atoms with Crippen LogP contribution in [0, 0.1) is 0 Å². The van der Waals surface area contributed by atoms with Crippen molar-refractivity contribution in [3.05, 3.63) is 0 Å². The van der Waals surface area contributed by atoms with Crippen LogP contribution in [-0.4, -0.2) is 11.2 Å². The molecule has 0 unspecified atom stereocenters. The number of hydrogen-bond donors (Lipinski definition) is 3. The fourth-order valence-corrected chi connectivity index (χ4v) is 0.0493. The number of rotatable bonds is 1. The van der Waals surface area contributed by atoms with Crippen molar-refractivity contribution in [2.45, 2.75) is 0 Å². The third-order valence-electron chi connectivity index (χ3n) is 0.160. The van der Waals surface area contributed by atoms with E-state index in [0.717, 1.165) is 0 Å². The highest BCUT2D eigenvalue weighted by molar-refractivity contribution is 5.70. The Bertz CT molecular complexity index is 52.8. The first kappa shape index (κ1) is 5.19. The Morgan fingerprint density at radius 2 is 2.50 bits per heavy atom. The number of amides is 2. The summed E-state index contributed by atoms with van der Waals surface area (Å²) in [5, 5.41) is 7.45. The van der Waals surface area contributed by atoms with E-state index >= 15 is 0 Å². The topological polar surface area (TPSA) is 89.5 Å². The molecule has 1 radical (unpaired) electrons. The molecule has 35 valence electrons. The first-order valence-electron chi connectivity index (χ1n) is 1.17. The van der Waals surface area contributed by atoms with Crippen molar-refractivity contribution in [2.75, 3.05) is 0 Å². The van der Waals surface area contributed by atoms with Crippen LogP contribution in [0.1, 0.15) is 0 Å². The molecule has 0 bridgehead atoms. The SMILES string of the molecule is NC(=O)N[N]O. The van der Waals surface area contributed by atoms with Gasteiger partial charge in [0.1, 0.15) is 0 Å². The molecule has 6 heavy (non-hydrogen) atoms. The highest BCUT2D eigenvalue weighted by Gasteiger charge is 1.82. The number of nitrogens with two attached hydrogens (primary N) is 1. The van der Waals surface area contributed by atoms with Crippen LogP contribution < -0.4 is 16.7 Å². The van der Waals surface area contributed by atoms with Crippen LogP contribution in [0.2, 0.25) is 0 Å². The lowest BCUT2D eigenvalue weighted by Gasteiger charge is -1.86. The predicted octanol–water partition coefficient (Wildman–Crippen LogP) is -1.44. The monoisotopic (exact) mass is 90.0 g/mol. The summed E-state index contributed by atoms with van der Waals surface area (Å²) in [6.45, 7) is 0. The summed E-state index contributed by atoms with van der Waals surface area (Å²) < 4.78 is 0. The molecule has 0 aliphatic heterocycles. The molecule has 5 nitrogen and oxygen atoms in total. The van der Waals surface area contributed by atoms with E-state index < -0.39 is 6.03 Å². The smallest absolute Gasteiger partial charge is 0.329 e. The number of carbonyl (C=O) groups is 1. The lowest BCUT2D eigenvalue weighted by atomic mass is 11.2. The van der Waals surface area contributed by atoms with E-state index in [9.17, 15) is 4.79 Å². The molecule has 0 aliphatic carbocycles. The molecule has 5 heteroatoms. The number of nitrogens with zero attached hydrogens (tertiary/aromatic N) is 1. The van der Waals surface area contributed by atoms with E-state index in [4.69, 9.17) is 5.21 Å². The van der Waals surface area contributed by atoms with E-state index in [1.807, 2.05) is 0 Å². The number of carbonyl (C=O) groups excluding carboxylic acids is 1. The Morgan fingerprint density at radius 3 is 2.50 bits per heavy atom. The zero-order valence-electron chi connectivity index (χ0n) is 2.88. The van der Waals surface area contributed by atoms with Crippen LogP contribution in [0.25, 0.3) is 0 Å². The Hall–Kier alpha value is -0.810. The van der Waals surface area contributed by atoms with E-state index in [-0.39, 0.29) is 0 Å². The van der Waals surface area contributed by atoms with Gasteiger partial charge in [0.15, 0.2) is 0 Å². The van der Waals surface area contributed by atoms with Gasteiger partial charge in [0.25, 0.3) is 0 Å². The molecule has 0 aliphatic rings. The van der Waals surface area contributed by atoms with E-state index in [1.54, 1.807) is 0 Å². The van der Waals surface area contributed by atoms with Crippen molar-refractivity contribution in [1.82, 2.24) is 11.0 Å². The fraction of sp³-hybridized carbons (Fsp3) is 0. The number of primary amides is 1. The van der Waals surface area contributed by atoms with Crippen molar-refractivity contribution < 1.29 is 10.0 Å². The Kier molecular flexibility index (Phi) is 2.10. The van der Waals surface area contributed by atoms with Crippen LogP contribution in [0.4, 0.5) is 4.79 Å². The van der Waals surface area contributed by atoms with E-state index in [0.29, 0.717) is 0 Å². The number of nitrogens with one attached hydrogen (secondary N) is 1. The van der Waals surface area contributed by atoms with Gasteiger partial charge in [-0.2, -0.15) is 0 Å². The normalized spacial score (nSPS) is 7.50. The van der Waals surface area contributed by atoms with Gasteiger partial charge >= 0.3 is 6.03 Å². The van der Waals surface area contributed by atoms with Crippen molar-refractivity contribution >= 4 is 6.03 Å². The van der Waals surface area contributed by atoms with Crippen LogP contribution in [0.5, 0.6) is 0 Å². The van der Waals surface area contributed by atoms with Crippen LogP contribution in [0.15, 0.2) is 0 Å². The number of hydrogen-bond acceptors (Lipinski definition) is 2. The maximum absolute atomic E-state index is 9.46. The Morgan fingerprint density at radius 1 is 2.00 bits per heavy atom. The molecule has 0 aromatic carbocycles. The summed E-state index contributed by atoms with van der Waals surface area (Å²) in [7, 11) is 0. The molecular weight excluding hydrogens is 86.0 g/mol. The minimum Gasteiger partial charge on any atom is -0.350 e. The van der Waals surface area contributed by atoms with Gasteiger partial charge in [-0.15, -0.1) is 0 Å². The van der Waals surface area contributed by atoms with E-state index in [2.05, 4.69) is 11.3 Å². The molecule has 0 atom stereocenters. The molecule has 4 N–H and O–H groups in total. The quantitative estimate of drug-likeness (QED) is 0.344. The second kappa shape index (κ2) is 2.43. The summed E-state index contributed by atoms with van der Waals surface area (Å²) in [6, 6.07) is -0.877. The standard InChI is InChI=1S/CH4N3O2/c2-1(5)3-4-6/h6H,(H3,2,3,5). The summed E-state index contributed by atoms with van der Waals surface area (Å²) in [5.74, 6) is 0. The zero-order chi connectivity index (χ0) is 4.99. The third kappa shape index (κ3) is 3.19. The van der Waals surface area contributed by atoms with Gasteiger partial charge in [0, 0.05) is 5.59 Å². The van der Waals surface area contributed by atoms with Gasteiger partial charge < -0.3 is 5.73 Å². The maximum Gasteiger partial charge on any atom is 0.329 e. The van der Waals surface area contributed by atoms with Crippen molar-refractivity contribution in [2.24, 2.45) is 5.73 Å². The molecule has 0 saturated carbocycles. The van der Waals surface area contributed by atoms with Gasteiger partial charge in [-0.05, 0) is 0 Å². The minimum absolute atomic E-state index is 0.877. The van der Waals surface area contributed by atoms with Gasteiger partial charge in [-0.1, -0.05) is 0 Å². The molecule has 0 rings (SSSR count). The first-order chi connectivity index (χ1) is 2.77. The molecule has 0 spiro atoms. The van der Waals surface area contributed by atoms with Gasteiger partial charge in [-0.3, -0.25) is 5.21 Å². The molecule has 0 aromatic heterocycles. The summed E-state index contributed by atoms with van der Waals surface area (Å²) in [5.41, 5.74) is 8.14. The third-order valence-corrected chi connectivity index (χ3v) is 0.160. The highest BCUT2D eigenvalue weighted by atomic mass is 16.5. The molecule has 2 amide bonds. The predicted molar refractivity (Wildman–Crippen MR) is 16.6 cm³/mol. The zero-order valence-corrected chi connectivity index (χ0v) is 2.88. The van der Waals surface area contributed by atoms with Gasteiger partial charge in [0.05, 0.1) is 0 Å². The lowest BCUT2D eigenvalue weighted by molar-refractivity contribution is 0.119. The summed E-state index contributed by atoms with van der Waals surface area (Å²) in [6.07, 6.45) is 0. The van der Waals surface area contributed by atoms with Crippen molar-refractivity contribution in [1.29, 1.82) is 0 Å². The minimum atomic E-state index is -0.877. The second-order valence-electron chi connectivity index (χ2n) is 0.576. The molecular formula is CH4N3O2. The molecule has 0 saturated heterocycles. The maximum atomic E-state index is 9.46.